The first kappa shape index (κ1) is 23.2. The van der Waals surface area contributed by atoms with Crippen molar-refractivity contribution < 1.29 is 9.90 Å². The van der Waals surface area contributed by atoms with Gasteiger partial charge >= 0.3 is 5.97 Å². The molecule has 0 atom stereocenters. The molecule has 0 fully saturated rings. The number of carbonyl (C=O) groups is 1. The molecule has 0 radical (unpaired) electrons. The lowest BCUT2D eigenvalue weighted by molar-refractivity contribution is -0.137. The zero-order valence-corrected chi connectivity index (χ0v) is 16.2. The van der Waals surface area contributed by atoms with Gasteiger partial charge in [0.05, 0.1) is 0 Å². The van der Waals surface area contributed by atoms with Crippen molar-refractivity contribution in [3.05, 3.63) is 12.2 Å². The van der Waals surface area contributed by atoms with E-state index < -0.39 is 5.97 Å². The van der Waals surface area contributed by atoms with E-state index in [1.165, 1.54) is 96.3 Å². The fraction of sp³-hybridized carbons (Fsp3) is 0.864. The predicted octanol–water partition coefficient (Wildman–Crippen LogP) is 7.67. The van der Waals surface area contributed by atoms with Gasteiger partial charge in [-0.05, 0) is 32.1 Å². The summed E-state index contributed by atoms with van der Waals surface area (Å²) in [4.78, 5) is 10.4. The number of carboxylic acid groups (broad SMARTS) is 1. The second-order valence-corrected chi connectivity index (χ2v) is 7.14. The lowest BCUT2D eigenvalue weighted by Crippen LogP contribution is -1.93. The van der Waals surface area contributed by atoms with Crippen LogP contribution in [0.15, 0.2) is 12.2 Å². The molecule has 0 aromatic rings. The summed E-state index contributed by atoms with van der Waals surface area (Å²) in [5.41, 5.74) is 0. The van der Waals surface area contributed by atoms with Crippen LogP contribution in [0.1, 0.15) is 122 Å². The Morgan fingerprint density at radius 1 is 0.625 bits per heavy atom. The zero-order valence-electron chi connectivity index (χ0n) is 16.2. The molecular formula is C22H42O2. The van der Waals surface area contributed by atoms with E-state index in [-0.39, 0.29) is 0 Å². The molecule has 0 aromatic carbocycles. The van der Waals surface area contributed by atoms with Crippen molar-refractivity contribution in [3.63, 3.8) is 0 Å². The van der Waals surface area contributed by atoms with Gasteiger partial charge in [-0.15, -0.1) is 0 Å². The normalized spacial score (nSPS) is 11.4. The van der Waals surface area contributed by atoms with Crippen LogP contribution in [-0.4, -0.2) is 11.1 Å². The van der Waals surface area contributed by atoms with Gasteiger partial charge in [-0.1, -0.05) is 96.1 Å². The first-order valence-electron chi connectivity index (χ1n) is 10.6. The van der Waals surface area contributed by atoms with Crippen LogP contribution < -0.4 is 0 Å². The number of carboxylic acids is 1. The molecule has 0 bridgehead atoms. The standard InChI is InChI=1S/C22H42O2/c1-2-3-4-5-6-7-8-9-10-11-12-13-14-15-16-17-18-19-20-21-22(23)24/h12-13H,2-11,14-21H2,1H3,(H,23,24)/b13-12+. The van der Waals surface area contributed by atoms with Gasteiger partial charge in [-0.25, -0.2) is 0 Å². The number of aliphatic carboxylic acids is 1. The van der Waals surface area contributed by atoms with Gasteiger partial charge in [0.25, 0.3) is 0 Å². The van der Waals surface area contributed by atoms with Crippen molar-refractivity contribution in [2.24, 2.45) is 0 Å². The molecule has 1 N–H and O–H groups in total. The summed E-state index contributed by atoms with van der Waals surface area (Å²) in [6.45, 7) is 2.28. The summed E-state index contributed by atoms with van der Waals surface area (Å²) in [7, 11) is 0. The Hall–Kier alpha value is -0.790. The average Bonchev–Trinajstić information content (AvgIpc) is 2.56. The Balaban J connectivity index is 3.07. The van der Waals surface area contributed by atoms with Gasteiger partial charge in [-0.2, -0.15) is 0 Å². The van der Waals surface area contributed by atoms with Gasteiger partial charge in [0.2, 0.25) is 0 Å². The number of hydrogen-bond donors (Lipinski definition) is 1. The molecule has 142 valence electrons. The molecule has 0 aliphatic rings. The van der Waals surface area contributed by atoms with Crippen LogP contribution in [0.2, 0.25) is 0 Å². The highest BCUT2D eigenvalue weighted by Gasteiger charge is 1.96. The van der Waals surface area contributed by atoms with E-state index in [1.807, 2.05) is 0 Å². The van der Waals surface area contributed by atoms with Crippen LogP contribution in [-0.2, 0) is 4.79 Å². The minimum absolute atomic E-state index is 0.335. The summed E-state index contributed by atoms with van der Waals surface area (Å²) < 4.78 is 0. The molecule has 24 heavy (non-hydrogen) atoms. The van der Waals surface area contributed by atoms with Crippen molar-refractivity contribution in [1.82, 2.24) is 0 Å². The van der Waals surface area contributed by atoms with Gasteiger partial charge in [-0.3, -0.25) is 4.79 Å². The van der Waals surface area contributed by atoms with Gasteiger partial charge < -0.3 is 5.11 Å². The Labute approximate surface area is 151 Å². The molecule has 0 unspecified atom stereocenters. The Morgan fingerprint density at radius 2 is 1.00 bits per heavy atom. The number of hydrogen-bond acceptors (Lipinski definition) is 1. The van der Waals surface area contributed by atoms with Crippen molar-refractivity contribution in [2.45, 2.75) is 122 Å². The van der Waals surface area contributed by atoms with Crippen LogP contribution in [0.4, 0.5) is 0 Å². The van der Waals surface area contributed by atoms with Crippen LogP contribution in [0.3, 0.4) is 0 Å². The smallest absolute Gasteiger partial charge is 0.303 e. The molecule has 0 aliphatic carbocycles. The molecule has 0 amide bonds. The minimum Gasteiger partial charge on any atom is -0.481 e. The highest BCUT2D eigenvalue weighted by atomic mass is 16.4. The van der Waals surface area contributed by atoms with Gasteiger partial charge in [0, 0.05) is 6.42 Å². The van der Waals surface area contributed by atoms with Crippen molar-refractivity contribution in [1.29, 1.82) is 0 Å². The van der Waals surface area contributed by atoms with Gasteiger partial charge in [0.1, 0.15) is 0 Å². The largest absolute Gasteiger partial charge is 0.481 e. The summed E-state index contributed by atoms with van der Waals surface area (Å²) in [5.74, 6) is -0.660. The highest BCUT2D eigenvalue weighted by molar-refractivity contribution is 5.66. The lowest BCUT2D eigenvalue weighted by Gasteiger charge is -2.01. The second-order valence-electron chi connectivity index (χ2n) is 7.14. The second kappa shape index (κ2) is 20.3. The molecule has 0 aromatic heterocycles. The SMILES string of the molecule is CCCCCCCCCCC/C=C/CCCCCCCCC(=O)O. The summed E-state index contributed by atoms with van der Waals surface area (Å²) in [5, 5.41) is 8.55. The number of unbranched alkanes of at least 4 members (excludes halogenated alkanes) is 15. The molecule has 0 rings (SSSR count). The van der Waals surface area contributed by atoms with E-state index in [4.69, 9.17) is 5.11 Å². The monoisotopic (exact) mass is 338 g/mol. The molecule has 0 saturated carbocycles. The maximum Gasteiger partial charge on any atom is 0.303 e. The maximum atomic E-state index is 10.4. The Morgan fingerprint density at radius 3 is 1.42 bits per heavy atom. The van der Waals surface area contributed by atoms with Crippen LogP contribution in [0.5, 0.6) is 0 Å². The molecule has 0 heterocycles. The Kier molecular flexibility index (Phi) is 19.6. The zero-order chi connectivity index (χ0) is 17.7. The summed E-state index contributed by atoms with van der Waals surface area (Å²) in [6.07, 6.45) is 27.1. The molecule has 0 aliphatic heterocycles. The first-order valence-corrected chi connectivity index (χ1v) is 10.6. The maximum absolute atomic E-state index is 10.4. The average molecular weight is 339 g/mol. The van der Waals surface area contributed by atoms with E-state index in [9.17, 15) is 4.79 Å². The van der Waals surface area contributed by atoms with Crippen LogP contribution in [0, 0.1) is 0 Å². The summed E-state index contributed by atoms with van der Waals surface area (Å²) in [6, 6.07) is 0. The molecule has 2 heteroatoms. The van der Waals surface area contributed by atoms with E-state index in [2.05, 4.69) is 19.1 Å². The Bertz CT molecular complexity index is 284. The van der Waals surface area contributed by atoms with Crippen LogP contribution >= 0.6 is 0 Å². The fourth-order valence-electron chi connectivity index (χ4n) is 3.05. The van der Waals surface area contributed by atoms with Crippen molar-refractivity contribution in [3.8, 4) is 0 Å². The molecule has 0 saturated heterocycles. The number of rotatable bonds is 19. The fourth-order valence-corrected chi connectivity index (χ4v) is 3.05. The lowest BCUT2D eigenvalue weighted by atomic mass is 10.1. The number of allylic oxidation sites excluding steroid dienone is 2. The van der Waals surface area contributed by atoms with Crippen LogP contribution in [0.25, 0.3) is 0 Å². The highest BCUT2D eigenvalue weighted by Crippen LogP contribution is 2.11. The topological polar surface area (TPSA) is 37.3 Å². The van der Waals surface area contributed by atoms with E-state index in [1.54, 1.807) is 0 Å². The third-order valence-electron chi connectivity index (χ3n) is 4.65. The third kappa shape index (κ3) is 21.2. The van der Waals surface area contributed by atoms with E-state index >= 15 is 0 Å². The van der Waals surface area contributed by atoms with Gasteiger partial charge in [0.15, 0.2) is 0 Å². The molecule has 0 spiro atoms. The van der Waals surface area contributed by atoms with Crippen molar-refractivity contribution >= 4 is 5.97 Å². The molecular weight excluding hydrogens is 296 g/mol. The third-order valence-corrected chi connectivity index (χ3v) is 4.65. The van der Waals surface area contributed by atoms with E-state index in [0.717, 1.165) is 12.8 Å². The first-order chi connectivity index (χ1) is 11.8. The quantitative estimate of drug-likeness (QED) is 0.194. The summed E-state index contributed by atoms with van der Waals surface area (Å²) >= 11 is 0. The van der Waals surface area contributed by atoms with Crippen molar-refractivity contribution in [2.75, 3.05) is 0 Å². The molecule has 2 nitrogen and oxygen atoms in total. The van der Waals surface area contributed by atoms with E-state index in [0.29, 0.717) is 6.42 Å². The minimum atomic E-state index is -0.660. The predicted molar refractivity (Wildman–Crippen MR) is 106 cm³/mol.